The zero-order valence-electron chi connectivity index (χ0n) is 20.6. The Morgan fingerprint density at radius 1 is 1.32 bits per heavy atom. The summed E-state index contributed by atoms with van der Waals surface area (Å²) in [5, 5.41) is 5.44. The molecule has 8 heteroatoms. The van der Waals surface area contributed by atoms with Crippen molar-refractivity contribution in [2.24, 2.45) is 11.2 Å². The molecule has 4 heterocycles. The Hall–Kier alpha value is -2.38. The SMILES string of the molecule is COc1cc2cc(c1Cl)N(C)C(=O)CCC1(C)OC1[C@@H](C)C1CC(C/C=C\C=C(\C)C2)N1N=O. The van der Waals surface area contributed by atoms with E-state index < -0.39 is 0 Å². The van der Waals surface area contributed by atoms with E-state index in [1.165, 1.54) is 0 Å². The van der Waals surface area contributed by atoms with Gasteiger partial charge in [0, 0.05) is 19.4 Å². The first kappa shape index (κ1) is 24.7. The van der Waals surface area contributed by atoms with Gasteiger partial charge >= 0.3 is 0 Å². The van der Waals surface area contributed by atoms with E-state index in [1.807, 2.05) is 25.1 Å². The maximum absolute atomic E-state index is 13.1. The number of ether oxygens (including phenoxy) is 2. The van der Waals surface area contributed by atoms with Crippen molar-refractivity contribution in [3.63, 3.8) is 0 Å². The van der Waals surface area contributed by atoms with Crippen LogP contribution < -0.4 is 9.64 Å². The summed E-state index contributed by atoms with van der Waals surface area (Å²) in [6.07, 6.45) is 9.56. The molecule has 2 saturated heterocycles. The number of hydrogen-bond donors (Lipinski definition) is 0. The van der Waals surface area contributed by atoms with Gasteiger partial charge in [0.25, 0.3) is 0 Å². The molecule has 4 aliphatic heterocycles. The van der Waals surface area contributed by atoms with Gasteiger partial charge in [0.2, 0.25) is 5.91 Å². The largest absolute Gasteiger partial charge is 0.495 e. The molecule has 34 heavy (non-hydrogen) atoms. The van der Waals surface area contributed by atoms with Gasteiger partial charge in [-0.05, 0) is 57.2 Å². The van der Waals surface area contributed by atoms with Gasteiger partial charge in [0.1, 0.15) is 10.8 Å². The van der Waals surface area contributed by atoms with E-state index in [4.69, 9.17) is 21.1 Å². The van der Waals surface area contributed by atoms with Crippen molar-refractivity contribution in [1.82, 2.24) is 5.01 Å². The molecule has 5 atom stereocenters. The molecule has 0 N–H and O–H groups in total. The number of anilines is 1. The first-order valence-electron chi connectivity index (χ1n) is 11.9. The van der Waals surface area contributed by atoms with Gasteiger partial charge in [-0.1, -0.05) is 42.3 Å². The molecule has 1 aromatic rings. The Morgan fingerprint density at radius 2 is 2.09 bits per heavy atom. The van der Waals surface area contributed by atoms with Gasteiger partial charge in [-0.15, -0.1) is 4.91 Å². The van der Waals surface area contributed by atoms with Crippen molar-refractivity contribution in [2.45, 2.75) is 76.7 Å². The summed E-state index contributed by atoms with van der Waals surface area (Å²) in [6.45, 7) is 6.23. The molecule has 4 bridgehead atoms. The molecular weight excluding hydrogens is 454 g/mol. The second-order valence-corrected chi connectivity index (χ2v) is 10.4. The average molecular weight is 488 g/mol. The lowest BCUT2D eigenvalue weighted by Crippen LogP contribution is -2.56. The molecule has 1 aromatic carbocycles. The van der Waals surface area contributed by atoms with Crippen LogP contribution in [0.15, 0.2) is 41.2 Å². The minimum atomic E-state index is -0.372. The number of epoxide rings is 1. The minimum absolute atomic E-state index is 0.0102. The summed E-state index contributed by atoms with van der Waals surface area (Å²) in [5.74, 6) is 0.684. The van der Waals surface area contributed by atoms with E-state index in [0.717, 1.165) is 24.0 Å². The zero-order chi connectivity index (χ0) is 24.6. The average Bonchev–Trinajstić information content (AvgIpc) is 3.48. The lowest BCUT2D eigenvalue weighted by molar-refractivity contribution is -0.118. The molecule has 1 amide bonds. The van der Waals surface area contributed by atoms with Crippen molar-refractivity contribution < 1.29 is 14.3 Å². The highest BCUT2D eigenvalue weighted by atomic mass is 35.5. The van der Waals surface area contributed by atoms with E-state index in [9.17, 15) is 9.70 Å². The van der Waals surface area contributed by atoms with Crippen LogP contribution in [0.2, 0.25) is 5.02 Å². The number of carbonyl (C=O) groups is 1. The fourth-order valence-corrected chi connectivity index (χ4v) is 5.69. The number of methoxy groups -OCH3 is 1. The highest BCUT2D eigenvalue weighted by Gasteiger charge is 2.59. The lowest BCUT2D eigenvalue weighted by atomic mass is 9.80. The van der Waals surface area contributed by atoms with Gasteiger partial charge in [0.05, 0.1) is 41.9 Å². The number of benzene rings is 1. The smallest absolute Gasteiger partial charge is 0.226 e. The molecule has 5 rings (SSSR count). The first-order chi connectivity index (χ1) is 16.2. The molecule has 0 saturated carbocycles. The Morgan fingerprint density at radius 3 is 2.79 bits per heavy atom. The number of fused-ring (bicyclic) bond motifs is 6. The highest BCUT2D eigenvalue weighted by molar-refractivity contribution is 6.35. The Kier molecular flexibility index (Phi) is 7.06. The van der Waals surface area contributed by atoms with Gasteiger partial charge in [-0.3, -0.25) is 9.80 Å². The Bertz CT molecular complexity index is 1030. The quantitative estimate of drug-likeness (QED) is 0.409. The maximum Gasteiger partial charge on any atom is 0.226 e. The number of nitrogens with zero attached hydrogens (tertiary/aromatic N) is 3. The normalized spacial score (nSPS) is 34.4. The number of nitroso groups, excluding NO2 is 1. The van der Waals surface area contributed by atoms with Crippen LogP contribution in [-0.2, 0) is 16.0 Å². The van der Waals surface area contributed by atoms with Crippen molar-refractivity contribution in [3.8, 4) is 5.75 Å². The molecule has 0 aliphatic carbocycles. The van der Waals surface area contributed by atoms with Crippen LogP contribution in [0.5, 0.6) is 5.75 Å². The third kappa shape index (κ3) is 4.73. The van der Waals surface area contributed by atoms with E-state index in [0.29, 0.717) is 35.7 Å². The van der Waals surface area contributed by atoms with E-state index >= 15 is 0 Å². The summed E-state index contributed by atoms with van der Waals surface area (Å²) in [7, 11) is 3.33. The van der Waals surface area contributed by atoms with Crippen LogP contribution in [0.4, 0.5) is 5.69 Å². The van der Waals surface area contributed by atoms with Gasteiger partial charge in [0.15, 0.2) is 0 Å². The number of halogens is 1. The Labute approximate surface area is 206 Å². The predicted molar refractivity (Wildman–Crippen MR) is 134 cm³/mol. The fourth-order valence-electron chi connectivity index (χ4n) is 5.38. The number of amides is 1. The van der Waals surface area contributed by atoms with E-state index in [2.05, 4.69) is 31.3 Å². The second-order valence-electron chi connectivity index (χ2n) is 10.1. The summed E-state index contributed by atoms with van der Waals surface area (Å²) in [4.78, 5) is 26.3. The summed E-state index contributed by atoms with van der Waals surface area (Å²) >= 11 is 6.59. The molecule has 0 spiro atoms. The topological polar surface area (TPSA) is 74.7 Å². The first-order valence-corrected chi connectivity index (χ1v) is 12.3. The molecule has 7 nitrogen and oxygen atoms in total. The standard InChI is InChI=1S/C26H34ClN3O4/c1-16-8-6-7-9-19-15-20(30(19)28-32)17(2)25-26(3,34-25)11-10-23(31)29(4)21-13-18(12-16)14-22(33-5)24(21)27/h6-8,13-14,17,19-20,25H,9-12,15H2,1-5H3/b7-6-,16-8-/t17-,19?,20?,25?,26?/m0/s1. The van der Waals surface area contributed by atoms with Crippen molar-refractivity contribution in [1.29, 1.82) is 0 Å². The molecular formula is C26H34ClN3O4. The number of hydrogen-bond acceptors (Lipinski definition) is 5. The van der Waals surface area contributed by atoms with E-state index in [-0.39, 0.29) is 35.6 Å². The molecule has 4 aliphatic rings. The molecule has 0 radical (unpaired) electrons. The number of carbonyl (C=O) groups excluding carboxylic acids is 1. The van der Waals surface area contributed by atoms with Crippen LogP contribution in [0, 0.1) is 10.8 Å². The second kappa shape index (κ2) is 9.70. The molecule has 4 unspecified atom stereocenters. The zero-order valence-corrected chi connectivity index (χ0v) is 21.3. The number of allylic oxidation sites excluding steroid dienone is 3. The predicted octanol–water partition coefficient (Wildman–Crippen LogP) is 5.46. The van der Waals surface area contributed by atoms with E-state index in [1.54, 1.807) is 24.1 Å². The van der Waals surface area contributed by atoms with Gasteiger partial charge in [-0.25, -0.2) is 0 Å². The van der Waals surface area contributed by atoms with Crippen molar-refractivity contribution in [2.75, 3.05) is 19.1 Å². The van der Waals surface area contributed by atoms with Crippen LogP contribution in [-0.4, -0.2) is 48.9 Å². The molecule has 184 valence electrons. The fraction of sp³-hybridized carbons (Fsp3) is 0.577. The van der Waals surface area contributed by atoms with Gasteiger partial charge < -0.3 is 14.4 Å². The molecule has 0 aromatic heterocycles. The monoisotopic (exact) mass is 487 g/mol. The third-order valence-electron chi connectivity index (χ3n) is 7.63. The highest BCUT2D eigenvalue weighted by Crippen LogP contribution is 2.49. The summed E-state index contributed by atoms with van der Waals surface area (Å²) in [5.41, 5.74) is 2.44. The van der Waals surface area contributed by atoms with Crippen LogP contribution in [0.3, 0.4) is 0 Å². The third-order valence-corrected chi connectivity index (χ3v) is 8.01. The maximum atomic E-state index is 13.1. The van der Waals surface area contributed by atoms with Crippen LogP contribution >= 0.6 is 11.6 Å². The van der Waals surface area contributed by atoms with Crippen LogP contribution in [0.1, 0.15) is 52.0 Å². The van der Waals surface area contributed by atoms with Crippen molar-refractivity contribution in [3.05, 3.63) is 51.4 Å². The lowest BCUT2D eigenvalue weighted by Gasteiger charge is -2.46. The summed E-state index contributed by atoms with van der Waals surface area (Å²) in [6, 6.07) is 4.08. The minimum Gasteiger partial charge on any atom is -0.495 e. The summed E-state index contributed by atoms with van der Waals surface area (Å²) < 4.78 is 11.6. The molecule has 2 fully saturated rings. The van der Waals surface area contributed by atoms with Crippen LogP contribution in [0.25, 0.3) is 0 Å². The number of rotatable bonds is 2. The van der Waals surface area contributed by atoms with Crippen molar-refractivity contribution >= 4 is 23.2 Å². The Balaban J connectivity index is 1.63. The van der Waals surface area contributed by atoms with Gasteiger partial charge in [-0.2, -0.15) is 0 Å².